The number of halogens is 1. The third kappa shape index (κ3) is 1.95. The van der Waals surface area contributed by atoms with Crippen molar-refractivity contribution in [3.05, 3.63) is 46.9 Å². The van der Waals surface area contributed by atoms with E-state index in [2.05, 4.69) is 9.97 Å². The molecule has 0 amide bonds. The van der Waals surface area contributed by atoms with Gasteiger partial charge in [-0.25, -0.2) is 9.97 Å². The number of aryl methyl sites for hydroxylation is 1. The summed E-state index contributed by atoms with van der Waals surface area (Å²) in [6.07, 6.45) is 2.24. The third-order valence-electron chi connectivity index (χ3n) is 2.19. The van der Waals surface area contributed by atoms with Crippen LogP contribution in [0, 0.1) is 6.92 Å². The van der Waals surface area contributed by atoms with Crippen molar-refractivity contribution in [3.63, 3.8) is 0 Å². The zero-order chi connectivity index (χ0) is 11.5. The van der Waals surface area contributed by atoms with E-state index in [1.54, 1.807) is 13.0 Å². The minimum Gasteiger partial charge on any atom is -0.298 e. The number of nitrogens with zero attached hydrogens (tertiary/aromatic N) is 2. The van der Waals surface area contributed by atoms with Gasteiger partial charge in [0.25, 0.3) is 0 Å². The number of carbonyl (C=O) groups excluding carboxylic acids is 1. The SMILES string of the molecule is Cc1ncc(C=O)c(-c2ccccc2Cl)n1. The average molecular weight is 233 g/mol. The van der Waals surface area contributed by atoms with E-state index >= 15 is 0 Å². The number of benzene rings is 1. The van der Waals surface area contributed by atoms with Gasteiger partial charge in [0.15, 0.2) is 6.29 Å². The molecule has 1 heterocycles. The van der Waals surface area contributed by atoms with Gasteiger partial charge in [0, 0.05) is 16.8 Å². The maximum absolute atomic E-state index is 10.9. The normalized spacial score (nSPS) is 10.1. The van der Waals surface area contributed by atoms with E-state index in [0.29, 0.717) is 22.1 Å². The summed E-state index contributed by atoms with van der Waals surface area (Å²) in [7, 11) is 0. The second-order valence-electron chi connectivity index (χ2n) is 3.32. The number of aldehydes is 1. The van der Waals surface area contributed by atoms with Crippen LogP contribution in [0.5, 0.6) is 0 Å². The summed E-state index contributed by atoms with van der Waals surface area (Å²) >= 11 is 6.06. The van der Waals surface area contributed by atoms with Crippen LogP contribution in [0.1, 0.15) is 16.2 Å². The number of aromatic nitrogens is 2. The van der Waals surface area contributed by atoms with Crippen molar-refractivity contribution < 1.29 is 4.79 Å². The van der Waals surface area contributed by atoms with E-state index in [4.69, 9.17) is 11.6 Å². The maximum atomic E-state index is 10.9. The lowest BCUT2D eigenvalue weighted by atomic mass is 10.1. The molecule has 0 fully saturated rings. The summed E-state index contributed by atoms with van der Waals surface area (Å²) in [6, 6.07) is 7.29. The largest absolute Gasteiger partial charge is 0.298 e. The van der Waals surface area contributed by atoms with E-state index in [0.717, 1.165) is 11.8 Å². The van der Waals surface area contributed by atoms with Crippen molar-refractivity contribution in [3.8, 4) is 11.3 Å². The number of hydrogen-bond donors (Lipinski definition) is 0. The first-order chi connectivity index (χ1) is 7.72. The van der Waals surface area contributed by atoms with Crippen LogP contribution >= 0.6 is 11.6 Å². The molecule has 0 aliphatic rings. The molecule has 0 saturated carbocycles. The van der Waals surface area contributed by atoms with Gasteiger partial charge in [0.05, 0.1) is 11.3 Å². The van der Waals surface area contributed by atoms with Crippen molar-refractivity contribution in [2.75, 3.05) is 0 Å². The standard InChI is InChI=1S/C12H9ClN2O/c1-8-14-6-9(7-16)12(15-8)10-4-2-3-5-11(10)13/h2-7H,1H3. The third-order valence-corrected chi connectivity index (χ3v) is 2.52. The first kappa shape index (κ1) is 10.8. The van der Waals surface area contributed by atoms with Crippen LogP contribution in [0.2, 0.25) is 5.02 Å². The van der Waals surface area contributed by atoms with E-state index in [1.807, 2.05) is 18.2 Å². The highest BCUT2D eigenvalue weighted by molar-refractivity contribution is 6.33. The van der Waals surface area contributed by atoms with E-state index in [-0.39, 0.29) is 0 Å². The van der Waals surface area contributed by atoms with Gasteiger partial charge in [-0.3, -0.25) is 4.79 Å². The van der Waals surface area contributed by atoms with Gasteiger partial charge < -0.3 is 0 Å². The van der Waals surface area contributed by atoms with E-state index < -0.39 is 0 Å². The van der Waals surface area contributed by atoms with Gasteiger partial charge in [-0.15, -0.1) is 0 Å². The Morgan fingerprint density at radius 2 is 2.06 bits per heavy atom. The molecule has 80 valence electrons. The number of hydrogen-bond acceptors (Lipinski definition) is 3. The fourth-order valence-corrected chi connectivity index (χ4v) is 1.66. The lowest BCUT2D eigenvalue weighted by molar-refractivity contribution is 0.112. The monoisotopic (exact) mass is 232 g/mol. The van der Waals surface area contributed by atoms with Gasteiger partial charge in [0.2, 0.25) is 0 Å². The minimum atomic E-state index is 0.443. The molecule has 0 N–H and O–H groups in total. The molecule has 0 saturated heterocycles. The molecule has 0 atom stereocenters. The summed E-state index contributed by atoms with van der Waals surface area (Å²) < 4.78 is 0. The predicted molar refractivity (Wildman–Crippen MR) is 62.6 cm³/mol. The fourth-order valence-electron chi connectivity index (χ4n) is 1.43. The van der Waals surface area contributed by atoms with Crippen molar-refractivity contribution >= 4 is 17.9 Å². The van der Waals surface area contributed by atoms with Gasteiger partial charge in [0.1, 0.15) is 5.82 Å². The summed E-state index contributed by atoms with van der Waals surface area (Å²) in [5, 5.41) is 0.573. The fraction of sp³-hybridized carbons (Fsp3) is 0.0833. The van der Waals surface area contributed by atoms with Crippen molar-refractivity contribution in [1.82, 2.24) is 9.97 Å². The zero-order valence-corrected chi connectivity index (χ0v) is 9.40. The first-order valence-corrected chi connectivity index (χ1v) is 5.14. The van der Waals surface area contributed by atoms with Crippen LogP contribution in [-0.2, 0) is 0 Å². The Kier molecular flexibility index (Phi) is 2.97. The quantitative estimate of drug-likeness (QED) is 0.748. The van der Waals surface area contributed by atoms with Crippen molar-refractivity contribution in [2.24, 2.45) is 0 Å². The smallest absolute Gasteiger partial charge is 0.153 e. The Labute approximate surface area is 98.1 Å². The van der Waals surface area contributed by atoms with Crippen LogP contribution in [0.4, 0.5) is 0 Å². The van der Waals surface area contributed by atoms with Crippen LogP contribution < -0.4 is 0 Å². The first-order valence-electron chi connectivity index (χ1n) is 4.76. The van der Waals surface area contributed by atoms with Crippen LogP contribution in [0.3, 0.4) is 0 Å². The van der Waals surface area contributed by atoms with Crippen LogP contribution in [0.15, 0.2) is 30.5 Å². The van der Waals surface area contributed by atoms with Crippen LogP contribution in [-0.4, -0.2) is 16.3 Å². The minimum absolute atomic E-state index is 0.443. The Hall–Kier alpha value is -1.74. The number of carbonyl (C=O) groups is 1. The topological polar surface area (TPSA) is 42.9 Å². The second-order valence-corrected chi connectivity index (χ2v) is 3.73. The molecule has 3 nitrogen and oxygen atoms in total. The van der Waals surface area contributed by atoms with Gasteiger partial charge in [-0.2, -0.15) is 0 Å². The van der Waals surface area contributed by atoms with Crippen LogP contribution in [0.25, 0.3) is 11.3 Å². The Bertz CT molecular complexity index is 540. The highest BCUT2D eigenvalue weighted by atomic mass is 35.5. The molecule has 0 aliphatic heterocycles. The van der Waals surface area contributed by atoms with Gasteiger partial charge >= 0.3 is 0 Å². The van der Waals surface area contributed by atoms with Crippen molar-refractivity contribution in [1.29, 1.82) is 0 Å². The molecule has 0 bridgehead atoms. The molecule has 1 aromatic heterocycles. The predicted octanol–water partition coefficient (Wildman–Crippen LogP) is 2.92. The molecule has 0 radical (unpaired) electrons. The van der Waals surface area contributed by atoms with Gasteiger partial charge in [-0.1, -0.05) is 29.8 Å². The summed E-state index contributed by atoms with van der Waals surface area (Å²) in [5.74, 6) is 0.612. The Morgan fingerprint density at radius 1 is 1.31 bits per heavy atom. The molecule has 4 heteroatoms. The highest BCUT2D eigenvalue weighted by Crippen LogP contribution is 2.27. The Balaban J connectivity index is 2.67. The number of rotatable bonds is 2. The maximum Gasteiger partial charge on any atom is 0.153 e. The molecule has 2 aromatic rings. The summed E-state index contributed by atoms with van der Waals surface area (Å²) in [4.78, 5) is 19.1. The van der Waals surface area contributed by atoms with Crippen molar-refractivity contribution in [2.45, 2.75) is 6.92 Å². The second kappa shape index (κ2) is 4.41. The molecule has 2 rings (SSSR count). The summed E-state index contributed by atoms with van der Waals surface area (Å²) in [5.41, 5.74) is 1.77. The lowest BCUT2D eigenvalue weighted by Gasteiger charge is -2.06. The van der Waals surface area contributed by atoms with Gasteiger partial charge in [-0.05, 0) is 13.0 Å². The molecule has 0 aliphatic carbocycles. The highest BCUT2D eigenvalue weighted by Gasteiger charge is 2.10. The molecular formula is C12H9ClN2O. The Morgan fingerprint density at radius 3 is 2.75 bits per heavy atom. The van der Waals surface area contributed by atoms with E-state index in [9.17, 15) is 4.79 Å². The molecule has 1 aromatic carbocycles. The molecule has 0 unspecified atom stereocenters. The van der Waals surface area contributed by atoms with E-state index in [1.165, 1.54) is 6.20 Å². The molecular weight excluding hydrogens is 224 g/mol. The zero-order valence-electron chi connectivity index (χ0n) is 8.64. The summed E-state index contributed by atoms with van der Waals surface area (Å²) in [6.45, 7) is 1.77. The lowest BCUT2D eigenvalue weighted by Crippen LogP contribution is -1.97. The molecule has 0 spiro atoms. The molecule has 16 heavy (non-hydrogen) atoms. The average Bonchev–Trinajstić information content (AvgIpc) is 2.29.